The van der Waals surface area contributed by atoms with Crippen LogP contribution in [0.2, 0.25) is 0 Å². The molecule has 2 heterocycles. The Morgan fingerprint density at radius 2 is 2.25 bits per heavy atom. The average molecular weight is 238 g/mol. The van der Waals surface area contributed by atoms with Crippen molar-refractivity contribution in [2.45, 2.75) is 31.2 Å². The fraction of sp³-hybridized carbons (Fsp3) is 0.500. The molecule has 6 heteroatoms. The Balaban J connectivity index is 1.94. The minimum Gasteiger partial charge on any atom is -0.480 e. The predicted molar refractivity (Wildman–Crippen MR) is 56.7 cm³/mol. The minimum atomic E-state index is -1.00. The van der Waals surface area contributed by atoms with Gasteiger partial charge in [-0.15, -0.1) is 11.3 Å². The number of rotatable bonds is 2. The first-order valence-electron chi connectivity index (χ1n) is 5.18. The van der Waals surface area contributed by atoms with Gasteiger partial charge in [-0.2, -0.15) is 0 Å². The molecule has 3 rings (SSSR count). The van der Waals surface area contributed by atoms with Crippen LogP contribution in [0.15, 0.2) is 0 Å². The molecule has 2 N–H and O–H groups in total. The SMILES string of the molecule is O=C1NC(C(=O)O)Cc2nc(C3CC3)sc21. The molecule has 0 saturated heterocycles. The molecular weight excluding hydrogens is 228 g/mol. The molecule has 0 radical (unpaired) electrons. The van der Waals surface area contributed by atoms with Crippen LogP contribution in [-0.2, 0) is 11.2 Å². The van der Waals surface area contributed by atoms with Crippen molar-refractivity contribution in [3.63, 3.8) is 0 Å². The first-order valence-corrected chi connectivity index (χ1v) is 6.00. The molecule has 1 aromatic rings. The Hall–Kier alpha value is -1.43. The van der Waals surface area contributed by atoms with E-state index in [0.717, 1.165) is 17.8 Å². The first-order chi connectivity index (χ1) is 7.65. The van der Waals surface area contributed by atoms with Crippen molar-refractivity contribution in [1.29, 1.82) is 0 Å². The van der Waals surface area contributed by atoms with Gasteiger partial charge < -0.3 is 10.4 Å². The lowest BCUT2D eigenvalue weighted by Crippen LogP contribution is -2.45. The fourth-order valence-electron chi connectivity index (χ4n) is 1.81. The van der Waals surface area contributed by atoms with E-state index in [1.54, 1.807) is 0 Å². The number of carboxylic acids is 1. The molecule has 0 aromatic carbocycles. The number of carbonyl (C=O) groups excluding carboxylic acids is 1. The highest BCUT2D eigenvalue weighted by Crippen LogP contribution is 2.43. The number of carboxylic acid groups (broad SMARTS) is 1. The zero-order valence-corrected chi connectivity index (χ0v) is 9.21. The van der Waals surface area contributed by atoms with Crippen LogP contribution in [0.5, 0.6) is 0 Å². The summed E-state index contributed by atoms with van der Waals surface area (Å²) in [6.07, 6.45) is 2.58. The van der Waals surface area contributed by atoms with Crippen LogP contribution in [0.1, 0.15) is 39.1 Å². The lowest BCUT2D eigenvalue weighted by molar-refractivity contribution is -0.139. The van der Waals surface area contributed by atoms with Crippen LogP contribution in [0.3, 0.4) is 0 Å². The van der Waals surface area contributed by atoms with Crippen molar-refractivity contribution >= 4 is 23.2 Å². The Bertz CT molecular complexity index is 478. The maximum Gasteiger partial charge on any atom is 0.326 e. The van der Waals surface area contributed by atoms with E-state index in [2.05, 4.69) is 10.3 Å². The largest absolute Gasteiger partial charge is 0.480 e. The van der Waals surface area contributed by atoms with Crippen molar-refractivity contribution in [2.24, 2.45) is 0 Å². The number of carbonyl (C=O) groups is 2. The molecule has 1 amide bonds. The lowest BCUT2D eigenvalue weighted by Gasteiger charge is -2.18. The molecule has 5 nitrogen and oxygen atoms in total. The maximum atomic E-state index is 11.7. The minimum absolute atomic E-state index is 0.293. The number of hydrogen-bond acceptors (Lipinski definition) is 4. The molecule has 84 valence electrons. The van der Waals surface area contributed by atoms with E-state index >= 15 is 0 Å². The summed E-state index contributed by atoms with van der Waals surface area (Å²) in [6.45, 7) is 0. The molecule has 1 aromatic heterocycles. The molecule has 16 heavy (non-hydrogen) atoms. The number of thiazole rings is 1. The Kier molecular flexibility index (Phi) is 2.00. The molecule has 1 atom stereocenters. The summed E-state index contributed by atoms with van der Waals surface area (Å²) in [6, 6.07) is -0.825. The van der Waals surface area contributed by atoms with Gasteiger partial charge in [-0.3, -0.25) is 4.79 Å². The smallest absolute Gasteiger partial charge is 0.326 e. The van der Waals surface area contributed by atoms with Gasteiger partial charge in [0.2, 0.25) is 0 Å². The number of amides is 1. The van der Waals surface area contributed by atoms with Crippen molar-refractivity contribution < 1.29 is 14.7 Å². The van der Waals surface area contributed by atoms with Gasteiger partial charge >= 0.3 is 5.97 Å². The van der Waals surface area contributed by atoms with Crippen LogP contribution in [0.4, 0.5) is 0 Å². The maximum absolute atomic E-state index is 11.7. The van der Waals surface area contributed by atoms with E-state index < -0.39 is 12.0 Å². The average Bonchev–Trinajstić information content (AvgIpc) is 2.98. The summed E-state index contributed by atoms with van der Waals surface area (Å²) in [5, 5.41) is 12.3. The molecule has 0 spiro atoms. The molecule has 1 aliphatic heterocycles. The molecule has 2 aliphatic rings. The third-order valence-corrected chi connectivity index (χ3v) is 4.11. The molecule has 1 fully saturated rings. The highest BCUT2D eigenvalue weighted by atomic mass is 32.1. The van der Waals surface area contributed by atoms with E-state index in [1.807, 2.05) is 0 Å². The van der Waals surface area contributed by atoms with Crippen molar-refractivity contribution in [1.82, 2.24) is 10.3 Å². The van der Waals surface area contributed by atoms with Crippen molar-refractivity contribution in [3.05, 3.63) is 15.6 Å². The van der Waals surface area contributed by atoms with Crippen LogP contribution in [0, 0.1) is 0 Å². The van der Waals surface area contributed by atoms with Crippen LogP contribution < -0.4 is 5.32 Å². The number of aromatic nitrogens is 1. The van der Waals surface area contributed by atoms with E-state index in [0.29, 0.717) is 22.9 Å². The lowest BCUT2D eigenvalue weighted by atomic mass is 10.1. The van der Waals surface area contributed by atoms with Gasteiger partial charge in [0.05, 0.1) is 10.7 Å². The number of nitrogens with zero attached hydrogens (tertiary/aromatic N) is 1. The van der Waals surface area contributed by atoms with Crippen LogP contribution >= 0.6 is 11.3 Å². The van der Waals surface area contributed by atoms with Crippen molar-refractivity contribution in [3.8, 4) is 0 Å². The summed E-state index contributed by atoms with van der Waals surface area (Å²) < 4.78 is 0. The first kappa shape index (κ1) is 9.77. The summed E-state index contributed by atoms with van der Waals surface area (Å²) in [5.74, 6) is -0.787. The van der Waals surface area contributed by atoms with E-state index in [1.165, 1.54) is 11.3 Å². The van der Waals surface area contributed by atoms with Gasteiger partial charge in [-0.05, 0) is 12.8 Å². The van der Waals surface area contributed by atoms with Gasteiger partial charge in [0.25, 0.3) is 5.91 Å². The summed E-state index contributed by atoms with van der Waals surface area (Å²) in [4.78, 5) is 27.5. The molecule has 1 aliphatic carbocycles. The predicted octanol–water partition coefficient (Wildman–Crippen LogP) is 0.760. The number of nitrogens with one attached hydrogen (secondary N) is 1. The van der Waals surface area contributed by atoms with Crippen LogP contribution in [-0.4, -0.2) is 28.0 Å². The fourth-order valence-corrected chi connectivity index (χ4v) is 2.97. The third kappa shape index (κ3) is 1.49. The second-order valence-electron chi connectivity index (χ2n) is 4.17. The van der Waals surface area contributed by atoms with Gasteiger partial charge in [-0.1, -0.05) is 0 Å². The Labute approximate surface area is 95.5 Å². The molecular formula is C10H10N2O3S. The number of aliphatic carboxylic acids is 1. The second kappa shape index (κ2) is 3.28. The van der Waals surface area contributed by atoms with E-state index in [-0.39, 0.29) is 5.91 Å². The third-order valence-electron chi connectivity index (χ3n) is 2.85. The Morgan fingerprint density at radius 3 is 2.88 bits per heavy atom. The summed E-state index contributed by atoms with van der Waals surface area (Å²) in [7, 11) is 0. The quantitative estimate of drug-likeness (QED) is 0.797. The highest BCUT2D eigenvalue weighted by Gasteiger charge is 2.35. The Morgan fingerprint density at radius 1 is 1.50 bits per heavy atom. The monoisotopic (exact) mass is 238 g/mol. The zero-order valence-electron chi connectivity index (χ0n) is 8.40. The summed E-state index contributed by atoms with van der Waals surface area (Å²) in [5.41, 5.74) is 0.656. The number of hydrogen-bond donors (Lipinski definition) is 2. The normalized spacial score (nSPS) is 23.8. The second-order valence-corrected chi connectivity index (χ2v) is 5.20. The van der Waals surface area contributed by atoms with Gasteiger partial charge in [0, 0.05) is 12.3 Å². The molecule has 1 unspecified atom stereocenters. The number of fused-ring (bicyclic) bond motifs is 1. The topological polar surface area (TPSA) is 79.3 Å². The van der Waals surface area contributed by atoms with Gasteiger partial charge in [0.1, 0.15) is 10.9 Å². The van der Waals surface area contributed by atoms with Gasteiger partial charge in [-0.25, -0.2) is 9.78 Å². The van der Waals surface area contributed by atoms with Gasteiger partial charge in [0.15, 0.2) is 0 Å². The molecule has 0 bridgehead atoms. The van der Waals surface area contributed by atoms with Crippen molar-refractivity contribution in [2.75, 3.05) is 0 Å². The van der Waals surface area contributed by atoms with E-state index in [9.17, 15) is 9.59 Å². The standard InChI is InChI=1S/C10H10N2O3S/c13-8-7-5(3-6(11-8)10(14)15)12-9(16-7)4-1-2-4/h4,6H,1-3H2,(H,11,13)(H,14,15). The highest BCUT2D eigenvalue weighted by molar-refractivity contribution is 7.14. The zero-order chi connectivity index (χ0) is 11.3. The van der Waals surface area contributed by atoms with E-state index in [4.69, 9.17) is 5.11 Å². The molecule has 1 saturated carbocycles. The summed E-state index contributed by atoms with van der Waals surface area (Å²) >= 11 is 1.41. The van der Waals surface area contributed by atoms with Crippen LogP contribution in [0.25, 0.3) is 0 Å².